The van der Waals surface area contributed by atoms with Gasteiger partial charge >= 0.3 is 0 Å². The van der Waals surface area contributed by atoms with Gasteiger partial charge in [0.05, 0.1) is 0 Å². The van der Waals surface area contributed by atoms with Crippen molar-refractivity contribution in [2.75, 3.05) is 32.7 Å². The molecule has 1 aromatic carbocycles. The van der Waals surface area contributed by atoms with Crippen molar-refractivity contribution >= 4 is 17.5 Å². The molecule has 134 valence electrons. The summed E-state index contributed by atoms with van der Waals surface area (Å²) in [6.45, 7) is 7.94. The lowest BCUT2D eigenvalue weighted by molar-refractivity contribution is -1.02. The minimum absolute atomic E-state index is 0.0885. The van der Waals surface area contributed by atoms with Crippen LogP contribution in [0.1, 0.15) is 17.0 Å². The number of hydrogen-bond donors (Lipinski definition) is 3. The van der Waals surface area contributed by atoms with E-state index < -0.39 is 0 Å². The highest BCUT2D eigenvalue weighted by atomic mass is 35.5. The summed E-state index contributed by atoms with van der Waals surface area (Å²) in [4.78, 5) is 15.0. The number of rotatable bonds is 6. The summed E-state index contributed by atoms with van der Waals surface area (Å²) in [6, 6.07) is 9.57. The highest BCUT2D eigenvalue weighted by Gasteiger charge is 2.25. The molecule has 2 heterocycles. The summed E-state index contributed by atoms with van der Waals surface area (Å²) in [6.07, 6.45) is 0. The van der Waals surface area contributed by atoms with Gasteiger partial charge in [0.15, 0.2) is 6.54 Å². The van der Waals surface area contributed by atoms with Crippen LogP contribution in [-0.4, -0.2) is 43.8 Å². The van der Waals surface area contributed by atoms with Gasteiger partial charge in [-0.15, -0.1) is 0 Å². The number of halogens is 1. The Labute approximate surface area is 152 Å². The molecule has 1 fully saturated rings. The van der Waals surface area contributed by atoms with Gasteiger partial charge in [0.1, 0.15) is 44.2 Å². The molecular weight excluding hydrogens is 340 g/mol. The highest BCUT2D eigenvalue weighted by molar-refractivity contribution is 6.30. The zero-order valence-electron chi connectivity index (χ0n) is 14.5. The molecule has 1 amide bonds. The highest BCUT2D eigenvalue weighted by Crippen LogP contribution is 2.10. The lowest BCUT2D eigenvalue weighted by Crippen LogP contribution is -3.28. The number of nitrogens with zero attached hydrogens (tertiary/aromatic N) is 1. The van der Waals surface area contributed by atoms with Gasteiger partial charge in [-0.25, -0.2) is 0 Å². The maximum absolute atomic E-state index is 12.2. The number of quaternary nitrogens is 2. The molecule has 0 atom stereocenters. The fraction of sp³-hybridized carbons (Fsp3) is 0.444. The van der Waals surface area contributed by atoms with E-state index in [0.29, 0.717) is 18.1 Å². The number of amides is 1. The van der Waals surface area contributed by atoms with Gasteiger partial charge in [-0.3, -0.25) is 4.79 Å². The van der Waals surface area contributed by atoms with Gasteiger partial charge in [-0.05, 0) is 24.6 Å². The van der Waals surface area contributed by atoms with E-state index in [2.05, 4.69) is 10.5 Å². The Bertz CT molecular complexity index is 711. The first kappa shape index (κ1) is 17.9. The molecule has 1 saturated heterocycles. The van der Waals surface area contributed by atoms with Crippen molar-refractivity contribution in [2.24, 2.45) is 0 Å². The zero-order valence-corrected chi connectivity index (χ0v) is 15.2. The van der Waals surface area contributed by atoms with E-state index in [1.807, 2.05) is 37.3 Å². The number of carbonyl (C=O) groups excluding carboxylic acids is 1. The number of nitrogens with one attached hydrogen (secondary N) is 3. The molecule has 6 nitrogen and oxygen atoms in total. The SMILES string of the molecule is Cc1cc(C[NH+]2CC[NH+](CC(=O)NCc3cccc(Cl)c3)CC2)no1. The predicted molar refractivity (Wildman–Crippen MR) is 94.5 cm³/mol. The van der Waals surface area contributed by atoms with Gasteiger partial charge in [0.2, 0.25) is 0 Å². The minimum Gasteiger partial charge on any atom is -0.361 e. The van der Waals surface area contributed by atoms with Crippen LogP contribution in [0.4, 0.5) is 0 Å². The van der Waals surface area contributed by atoms with E-state index in [1.165, 1.54) is 9.80 Å². The maximum atomic E-state index is 12.2. The van der Waals surface area contributed by atoms with E-state index in [-0.39, 0.29) is 5.91 Å². The van der Waals surface area contributed by atoms with Crippen LogP contribution >= 0.6 is 11.6 Å². The molecule has 7 heteroatoms. The van der Waals surface area contributed by atoms with Crippen molar-refractivity contribution in [3.05, 3.63) is 52.4 Å². The number of hydrogen-bond acceptors (Lipinski definition) is 3. The van der Waals surface area contributed by atoms with Crippen LogP contribution in [0.15, 0.2) is 34.9 Å². The molecule has 0 unspecified atom stereocenters. The summed E-state index contributed by atoms with van der Waals surface area (Å²) in [5.41, 5.74) is 2.03. The Morgan fingerprint density at radius 3 is 2.68 bits per heavy atom. The summed E-state index contributed by atoms with van der Waals surface area (Å²) in [7, 11) is 0. The molecule has 1 aromatic heterocycles. The van der Waals surface area contributed by atoms with E-state index in [9.17, 15) is 4.79 Å². The molecule has 3 rings (SSSR count). The van der Waals surface area contributed by atoms with E-state index >= 15 is 0 Å². The minimum atomic E-state index is 0.0885. The first-order valence-electron chi connectivity index (χ1n) is 8.69. The first-order chi connectivity index (χ1) is 12.1. The lowest BCUT2D eigenvalue weighted by atomic mass is 10.2. The van der Waals surface area contributed by atoms with Crippen molar-refractivity contribution in [3.63, 3.8) is 0 Å². The second kappa shape index (κ2) is 8.47. The first-order valence-corrected chi connectivity index (χ1v) is 9.07. The second-order valence-electron chi connectivity index (χ2n) is 6.69. The van der Waals surface area contributed by atoms with E-state index in [0.717, 1.165) is 49.7 Å². The maximum Gasteiger partial charge on any atom is 0.275 e. The number of benzene rings is 1. The van der Waals surface area contributed by atoms with Crippen LogP contribution < -0.4 is 15.1 Å². The normalized spacial score (nSPS) is 20.4. The molecule has 2 aromatic rings. The molecule has 1 aliphatic heterocycles. The Morgan fingerprint density at radius 1 is 1.24 bits per heavy atom. The standard InChI is InChI=1S/C18H23ClN4O2/c1-14-9-17(21-25-14)12-22-5-7-23(8-6-22)13-18(24)20-11-15-3-2-4-16(19)10-15/h2-4,9-10H,5-8,11-13H2,1H3,(H,20,24)/p+2. The van der Waals surface area contributed by atoms with Gasteiger partial charge in [-0.2, -0.15) is 0 Å². The fourth-order valence-corrected chi connectivity index (χ4v) is 3.42. The molecule has 0 aliphatic carbocycles. The smallest absolute Gasteiger partial charge is 0.275 e. The number of piperazine rings is 1. The molecule has 0 spiro atoms. The lowest BCUT2D eigenvalue weighted by Gasteiger charge is -2.28. The average molecular weight is 365 g/mol. The number of aromatic nitrogens is 1. The van der Waals surface area contributed by atoms with Crippen LogP contribution in [0, 0.1) is 6.92 Å². The van der Waals surface area contributed by atoms with Crippen molar-refractivity contribution in [2.45, 2.75) is 20.0 Å². The summed E-state index contributed by atoms with van der Waals surface area (Å²) in [5.74, 6) is 0.945. The quantitative estimate of drug-likeness (QED) is 0.631. The van der Waals surface area contributed by atoms with Crippen molar-refractivity contribution < 1.29 is 19.1 Å². The Balaban J connectivity index is 1.37. The zero-order chi connectivity index (χ0) is 17.6. The van der Waals surface area contributed by atoms with Crippen molar-refractivity contribution in [3.8, 4) is 0 Å². The van der Waals surface area contributed by atoms with Gasteiger partial charge < -0.3 is 19.6 Å². The second-order valence-corrected chi connectivity index (χ2v) is 7.13. The fourth-order valence-electron chi connectivity index (χ4n) is 3.21. The Kier molecular flexibility index (Phi) is 6.07. The average Bonchev–Trinajstić information content (AvgIpc) is 3.00. The van der Waals surface area contributed by atoms with Crippen LogP contribution in [0.5, 0.6) is 0 Å². The predicted octanol–water partition coefficient (Wildman–Crippen LogP) is -0.764. The van der Waals surface area contributed by atoms with Crippen LogP contribution in [-0.2, 0) is 17.9 Å². The molecule has 0 bridgehead atoms. The van der Waals surface area contributed by atoms with E-state index in [1.54, 1.807) is 0 Å². The van der Waals surface area contributed by atoms with Crippen molar-refractivity contribution in [1.29, 1.82) is 0 Å². The third-order valence-corrected chi connectivity index (χ3v) is 4.80. The molecule has 0 radical (unpaired) electrons. The van der Waals surface area contributed by atoms with Crippen LogP contribution in [0.2, 0.25) is 5.02 Å². The van der Waals surface area contributed by atoms with Gasteiger partial charge in [0, 0.05) is 17.6 Å². The van der Waals surface area contributed by atoms with Gasteiger partial charge in [-0.1, -0.05) is 28.9 Å². The van der Waals surface area contributed by atoms with Crippen molar-refractivity contribution in [1.82, 2.24) is 10.5 Å². The number of aryl methyl sites for hydroxylation is 1. The molecule has 0 saturated carbocycles. The third kappa shape index (κ3) is 5.56. The monoisotopic (exact) mass is 364 g/mol. The summed E-state index contributed by atoms with van der Waals surface area (Å²) >= 11 is 5.96. The molecular formula is C18H25ClN4O2+2. The Hall–Kier alpha value is -1.89. The topological polar surface area (TPSA) is 64.0 Å². The molecule has 3 N–H and O–H groups in total. The number of carbonyl (C=O) groups is 1. The Morgan fingerprint density at radius 2 is 2.00 bits per heavy atom. The van der Waals surface area contributed by atoms with Crippen LogP contribution in [0.25, 0.3) is 0 Å². The van der Waals surface area contributed by atoms with E-state index in [4.69, 9.17) is 16.1 Å². The summed E-state index contributed by atoms with van der Waals surface area (Å²) in [5, 5.41) is 7.73. The third-order valence-electron chi connectivity index (χ3n) is 4.56. The van der Waals surface area contributed by atoms with Crippen LogP contribution in [0.3, 0.4) is 0 Å². The molecule has 25 heavy (non-hydrogen) atoms. The summed E-state index contributed by atoms with van der Waals surface area (Å²) < 4.78 is 5.12. The largest absolute Gasteiger partial charge is 0.361 e. The molecule has 1 aliphatic rings. The van der Waals surface area contributed by atoms with Gasteiger partial charge in [0.25, 0.3) is 5.91 Å².